The number of hydrogen-bond acceptors (Lipinski definition) is 5. The molecule has 22 heavy (non-hydrogen) atoms. The summed E-state index contributed by atoms with van der Waals surface area (Å²) in [5.41, 5.74) is 3.78. The van der Waals surface area contributed by atoms with E-state index < -0.39 is 0 Å². The second-order valence-electron chi connectivity index (χ2n) is 4.62. The molecule has 0 aliphatic heterocycles. The minimum Gasteiger partial charge on any atom is -0.493 e. The quantitative estimate of drug-likeness (QED) is 0.680. The molecule has 116 valence electrons. The number of rotatable bonds is 5. The number of benzene rings is 1. The molecule has 1 heterocycles. The molecule has 0 fully saturated rings. The van der Waals surface area contributed by atoms with Gasteiger partial charge in [-0.05, 0) is 44.2 Å². The second-order valence-corrected chi connectivity index (χ2v) is 5.91. The number of carbonyl (C=O) groups is 1. The van der Waals surface area contributed by atoms with Crippen LogP contribution in [0.15, 0.2) is 35.4 Å². The Morgan fingerprint density at radius 1 is 1.14 bits per heavy atom. The first-order valence-electron chi connectivity index (χ1n) is 6.68. The fraction of sp³-hybridized carbons (Fsp3) is 0.250. The summed E-state index contributed by atoms with van der Waals surface area (Å²) in [5.74, 6) is 0.783. The summed E-state index contributed by atoms with van der Waals surface area (Å²) >= 11 is 1.64. The maximum absolute atomic E-state index is 12.1. The Hall–Kier alpha value is -2.34. The van der Waals surface area contributed by atoms with Crippen molar-refractivity contribution in [2.75, 3.05) is 14.2 Å². The molecule has 0 atom stereocenters. The molecule has 1 N–H and O–H groups in total. The molecule has 1 aromatic heterocycles. The molecule has 2 rings (SSSR count). The minimum atomic E-state index is -0.298. The van der Waals surface area contributed by atoms with Crippen LogP contribution in [0.2, 0.25) is 0 Å². The van der Waals surface area contributed by atoms with Crippen LogP contribution in [-0.4, -0.2) is 25.8 Å². The number of hydrazone groups is 1. The minimum absolute atomic E-state index is 0.298. The van der Waals surface area contributed by atoms with E-state index in [-0.39, 0.29) is 5.91 Å². The summed E-state index contributed by atoms with van der Waals surface area (Å²) in [5, 5.41) is 4.14. The molecule has 0 saturated carbocycles. The molecule has 1 amide bonds. The van der Waals surface area contributed by atoms with E-state index >= 15 is 0 Å². The molecule has 6 heteroatoms. The van der Waals surface area contributed by atoms with Crippen LogP contribution >= 0.6 is 11.3 Å². The van der Waals surface area contributed by atoms with E-state index in [1.807, 2.05) is 26.0 Å². The zero-order valence-corrected chi connectivity index (χ0v) is 13.8. The first-order chi connectivity index (χ1) is 10.5. The van der Waals surface area contributed by atoms with Gasteiger partial charge in [-0.15, -0.1) is 11.3 Å². The van der Waals surface area contributed by atoms with Gasteiger partial charge in [-0.3, -0.25) is 4.79 Å². The summed E-state index contributed by atoms with van der Waals surface area (Å²) < 4.78 is 10.3. The Morgan fingerprint density at radius 2 is 1.86 bits per heavy atom. The average Bonchev–Trinajstić information content (AvgIpc) is 2.98. The van der Waals surface area contributed by atoms with Gasteiger partial charge in [-0.2, -0.15) is 5.10 Å². The zero-order valence-electron chi connectivity index (χ0n) is 13.0. The molecule has 0 radical (unpaired) electrons. The highest BCUT2D eigenvalue weighted by atomic mass is 32.1. The van der Waals surface area contributed by atoms with E-state index in [9.17, 15) is 4.79 Å². The van der Waals surface area contributed by atoms with E-state index in [0.29, 0.717) is 17.1 Å². The lowest BCUT2D eigenvalue weighted by Gasteiger charge is -2.08. The number of nitrogens with zero attached hydrogens (tertiary/aromatic N) is 1. The van der Waals surface area contributed by atoms with Crippen molar-refractivity contribution in [3.8, 4) is 11.5 Å². The maximum atomic E-state index is 12.1. The van der Waals surface area contributed by atoms with E-state index in [2.05, 4.69) is 10.5 Å². The van der Waals surface area contributed by atoms with E-state index in [0.717, 1.165) is 10.6 Å². The van der Waals surface area contributed by atoms with Crippen molar-refractivity contribution < 1.29 is 14.3 Å². The summed E-state index contributed by atoms with van der Waals surface area (Å²) in [7, 11) is 3.08. The third kappa shape index (κ3) is 3.65. The Kier molecular flexibility index (Phi) is 5.16. The molecule has 1 aromatic carbocycles. The van der Waals surface area contributed by atoms with E-state index in [1.54, 1.807) is 36.6 Å². The van der Waals surface area contributed by atoms with Gasteiger partial charge in [0.05, 0.1) is 24.8 Å². The number of methoxy groups -OCH3 is 2. The maximum Gasteiger partial charge on any atom is 0.271 e. The smallest absolute Gasteiger partial charge is 0.271 e. The average molecular weight is 318 g/mol. The summed E-state index contributed by atoms with van der Waals surface area (Å²) in [4.78, 5) is 14.4. The molecule has 2 aromatic rings. The second kappa shape index (κ2) is 7.09. The fourth-order valence-corrected chi connectivity index (χ4v) is 2.67. The molecule has 5 nitrogen and oxygen atoms in total. The van der Waals surface area contributed by atoms with Gasteiger partial charge < -0.3 is 9.47 Å². The number of ether oxygens (including phenoxy) is 2. The van der Waals surface area contributed by atoms with Crippen LogP contribution in [0.1, 0.15) is 27.0 Å². The molecule has 0 aliphatic carbocycles. The van der Waals surface area contributed by atoms with Crippen LogP contribution < -0.4 is 14.9 Å². The molecule has 0 bridgehead atoms. The van der Waals surface area contributed by atoms with Crippen molar-refractivity contribution in [3.63, 3.8) is 0 Å². The number of thiophene rings is 1. The Labute approximate surface area is 133 Å². The SMILES string of the molecule is COc1ccc(C(=O)N/N=C(/C)c2ccc(C)s2)cc1OC. The topological polar surface area (TPSA) is 59.9 Å². The molecule has 0 unspecified atom stereocenters. The highest BCUT2D eigenvalue weighted by Gasteiger charge is 2.10. The van der Waals surface area contributed by atoms with E-state index in [4.69, 9.17) is 9.47 Å². The van der Waals surface area contributed by atoms with Gasteiger partial charge in [-0.1, -0.05) is 0 Å². The Balaban J connectivity index is 2.12. The first kappa shape index (κ1) is 16.0. The van der Waals surface area contributed by atoms with Gasteiger partial charge in [0.2, 0.25) is 0 Å². The van der Waals surface area contributed by atoms with Gasteiger partial charge in [0.15, 0.2) is 11.5 Å². The summed E-state index contributed by atoms with van der Waals surface area (Å²) in [6.07, 6.45) is 0. The van der Waals surface area contributed by atoms with Gasteiger partial charge in [0.1, 0.15) is 0 Å². The van der Waals surface area contributed by atoms with Crippen LogP contribution in [0.4, 0.5) is 0 Å². The predicted molar refractivity (Wildman–Crippen MR) is 88.3 cm³/mol. The number of hydrogen-bond donors (Lipinski definition) is 1. The van der Waals surface area contributed by atoms with Crippen LogP contribution in [0.5, 0.6) is 11.5 Å². The van der Waals surface area contributed by atoms with Crippen molar-refractivity contribution in [1.29, 1.82) is 0 Å². The third-order valence-electron chi connectivity index (χ3n) is 3.07. The lowest BCUT2D eigenvalue weighted by atomic mass is 10.2. The third-order valence-corrected chi connectivity index (χ3v) is 4.18. The first-order valence-corrected chi connectivity index (χ1v) is 7.50. The van der Waals surface area contributed by atoms with Crippen LogP contribution in [0, 0.1) is 6.92 Å². The highest BCUT2D eigenvalue weighted by molar-refractivity contribution is 7.14. The number of amides is 1. The van der Waals surface area contributed by atoms with E-state index in [1.165, 1.54) is 12.0 Å². The van der Waals surface area contributed by atoms with Gasteiger partial charge in [-0.25, -0.2) is 5.43 Å². The fourth-order valence-electron chi connectivity index (χ4n) is 1.86. The summed E-state index contributed by atoms with van der Waals surface area (Å²) in [6.45, 7) is 3.89. The lowest BCUT2D eigenvalue weighted by molar-refractivity contribution is 0.0954. The van der Waals surface area contributed by atoms with Crippen LogP contribution in [0.25, 0.3) is 0 Å². The molecular formula is C16H18N2O3S. The molecule has 0 spiro atoms. The zero-order chi connectivity index (χ0) is 16.1. The van der Waals surface area contributed by atoms with Crippen LogP contribution in [0.3, 0.4) is 0 Å². The van der Waals surface area contributed by atoms with Gasteiger partial charge in [0, 0.05) is 10.4 Å². The van der Waals surface area contributed by atoms with Crippen molar-refractivity contribution in [3.05, 3.63) is 45.6 Å². The molecule has 0 saturated heterocycles. The van der Waals surface area contributed by atoms with Crippen molar-refractivity contribution >= 4 is 23.0 Å². The van der Waals surface area contributed by atoms with Crippen LogP contribution in [-0.2, 0) is 0 Å². The highest BCUT2D eigenvalue weighted by Crippen LogP contribution is 2.27. The number of aryl methyl sites for hydroxylation is 1. The predicted octanol–water partition coefficient (Wildman–Crippen LogP) is 3.23. The molecular weight excluding hydrogens is 300 g/mol. The number of carbonyl (C=O) groups excluding carboxylic acids is 1. The normalized spacial score (nSPS) is 11.2. The van der Waals surface area contributed by atoms with Crippen molar-refractivity contribution in [1.82, 2.24) is 5.43 Å². The largest absolute Gasteiger partial charge is 0.493 e. The number of nitrogens with one attached hydrogen (secondary N) is 1. The standard InChI is InChI=1S/C16H18N2O3S/c1-10-5-8-15(22-10)11(2)17-18-16(19)12-6-7-13(20-3)14(9-12)21-4/h5-9H,1-4H3,(H,18,19)/b17-11-. The van der Waals surface area contributed by atoms with Gasteiger partial charge in [0.25, 0.3) is 5.91 Å². The van der Waals surface area contributed by atoms with Crippen molar-refractivity contribution in [2.24, 2.45) is 5.10 Å². The lowest BCUT2D eigenvalue weighted by Crippen LogP contribution is -2.19. The summed E-state index contributed by atoms with van der Waals surface area (Å²) in [6, 6.07) is 8.98. The molecule has 0 aliphatic rings. The van der Waals surface area contributed by atoms with Gasteiger partial charge >= 0.3 is 0 Å². The van der Waals surface area contributed by atoms with Crippen molar-refractivity contribution in [2.45, 2.75) is 13.8 Å². The Bertz CT molecular complexity index is 707. The monoisotopic (exact) mass is 318 g/mol. The Morgan fingerprint density at radius 3 is 2.45 bits per heavy atom.